The minimum absolute atomic E-state index is 1.01. The smallest absolute Gasteiger partial charge is 0.210 e. The predicted molar refractivity (Wildman–Crippen MR) is 85.6 cm³/mol. The third-order valence-corrected chi connectivity index (χ3v) is 9.54. The van der Waals surface area contributed by atoms with Crippen molar-refractivity contribution in [1.82, 2.24) is 4.57 Å². The van der Waals surface area contributed by atoms with E-state index in [1.54, 1.807) is 0 Å². The summed E-state index contributed by atoms with van der Waals surface area (Å²) < 4.78 is 2.66. The predicted octanol–water partition coefficient (Wildman–Crippen LogP) is 4.19. The number of nitrogens with zero attached hydrogens (tertiary/aromatic N) is 1. The lowest BCUT2D eigenvalue weighted by Crippen LogP contribution is -2.51. The average molecular weight is 270 g/mol. The third kappa shape index (κ3) is 5.41. The lowest BCUT2D eigenvalue weighted by atomic mass is 10.7. The van der Waals surface area contributed by atoms with Crippen molar-refractivity contribution in [2.24, 2.45) is 0 Å². The first-order valence-corrected chi connectivity index (χ1v) is 13.2. The van der Waals surface area contributed by atoms with Crippen LogP contribution in [0.15, 0.2) is 0 Å². The van der Waals surface area contributed by atoms with Crippen molar-refractivity contribution in [2.45, 2.75) is 65.5 Å². The molecule has 0 N–H and O–H groups in total. The van der Waals surface area contributed by atoms with Crippen molar-refractivity contribution < 1.29 is 0 Å². The van der Waals surface area contributed by atoms with E-state index in [4.69, 9.17) is 0 Å². The quantitative estimate of drug-likeness (QED) is 0.516. The number of hydrogen-bond acceptors (Lipinski definition) is 1. The molecular weight excluding hydrogens is 238 g/mol. The van der Waals surface area contributed by atoms with Crippen LogP contribution in [0.3, 0.4) is 0 Å². The molecule has 0 saturated heterocycles. The molecule has 1 nitrogen and oxygen atoms in total. The van der Waals surface area contributed by atoms with Gasteiger partial charge in [-0.2, -0.15) is 0 Å². The van der Waals surface area contributed by atoms with Crippen LogP contribution in [0, 0.1) is 11.5 Å². The topological polar surface area (TPSA) is 3.24 Å². The first-order valence-electron chi connectivity index (χ1n) is 7.10. The fourth-order valence-corrected chi connectivity index (χ4v) is 6.59. The highest BCUT2D eigenvalue weighted by molar-refractivity contribution is 6.85. The summed E-state index contributed by atoms with van der Waals surface area (Å²) in [4.78, 5) is 0. The fourth-order valence-electron chi connectivity index (χ4n) is 2.26. The summed E-state index contributed by atoms with van der Waals surface area (Å²) >= 11 is 0. The van der Waals surface area contributed by atoms with Crippen LogP contribution in [0.5, 0.6) is 0 Å². The summed E-state index contributed by atoms with van der Waals surface area (Å²) in [7, 11) is -2.49. The zero-order valence-corrected chi connectivity index (χ0v) is 15.0. The maximum Gasteiger partial charge on any atom is 0.210 e. The van der Waals surface area contributed by atoms with Gasteiger partial charge in [-0.25, -0.2) is 0 Å². The summed E-state index contributed by atoms with van der Waals surface area (Å²) in [6.07, 6.45) is 0. The Hall–Kier alpha value is -0.0462. The summed E-state index contributed by atoms with van der Waals surface area (Å²) in [5.41, 5.74) is 3.74. The van der Waals surface area contributed by atoms with Crippen molar-refractivity contribution in [3.05, 3.63) is 0 Å². The van der Waals surface area contributed by atoms with Crippen molar-refractivity contribution >= 4 is 16.3 Å². The van der Waals surface area contributed by atoms with Gasteiger partial charge in [0.25, 0.3) is 0 Å². The van der Waals surface area contributed by atoms with Crippen LogP contribution in [0.4, 0.5) is 0 Å². The molecule has 0 aliphatic rings. The van der Waals surface area contributed by atoms with Gasteiger partial charge in [-0.15, -0.1) is 11.5 Å². The molecule has 3 heteroatoms. The van der Waals surface area contributed by atoms with Crippen molar-refractivity contribution in [3.63, 3.8) is 0 Å². The molecule has 0 aromatic rings. The van der Waals surface area contributed by atoms with E-state index in [1.807, 2.05) is 0 Å². The molecule has 0 aromatic heterocycles. The maximum absolute atomic E-state index is 3.74. The third-order valence-electron chi connectivity index (χ3n) is 3.48. The van der Waals surface area contributed by atoms with Gasteiger partial charge in [-0.05, 0) is 25.2 Å². The second kappa shape index (κ2) is 7.40. The molecule has 0 aliphatic carbocycles. The highest BCUT2D eigenvalue weighted by atomic mass is 28.3. The van der Waals surface area contributed by atoms with Crippen LogP contribution >= 0.6 is 0 Å². The minimum atomic E-state index is -1.48. The van der Waals surface area contributed by atoms with Crippen LogP contribution in [0.1, 0.15) is 27.7 Å². The molecule has 100 valence electrons. The van der Waals surface area contributed by atoms with E-state index in [0.29, 0.717) is 0 Å². The summed E-state index contributed by atoms with van der Waals surface area (Å²) in [5.74, 6) is 3.55. The lowest BCUT2D eigenvalue weighted by Gasteiger charge is -2.35. The molecular formula is C14H31NSi2. The van der Waals surface area contributed by atoms with Gasteiger partial charge < -0.3 is 4.57 Å². The van der Waals surface area contributed by atoms with Crippen LogP contribution in [-0.2, 0) is 0 Å². The van der Waals surface area contributed by atoms with Crippen LogP contribution in [0.2, 0.25) is 37.8 Å². The first-order chi connectivity index (χ1) is 7.85. The highest BCUT2D eigenvalue weighted by Gasteiger charge is 2.33. The molecule has 0 heterocycles. The standard InChI is InChI=1S/C14H31NSi2/c1-8-15(9-2)17(10-3,11-4)14-12-13-16(5,6)7/h8-11,13H2,1-7H3. The van der Waals surface area contributed by atoms with Gasteiger partial charge in [0, 0.05) is 6.04 Å². The molecule has 0 amide bonds. The molecule has 0 radical (unpaired) electrons. The molecule has 0 aliphatic heterocycles. The van der Waals surface area contributed by atoms with E-state index >= 15 is 0 Å². The molecule has 0 rings (SSSR count). The lowest BCUT2D eigenvalue weighted by molar-refractivity contribution is 0.466. The Labute approximate surface area is 111 Å². The van der Waals surface area contributed by atoms with Crippen LogP contribution < -0.4 is 0 Å². The van der Waals surface area contributed by atoms with Gasteiger partial charge in [0.15, 0.2) is 0 Å². The van der Waals surface area contributed by atoms with Crippen molar-refractivity contribution in [2.75, 3.05) is 13.1 Å². The van der Waals surface area contributed by atoms with Crippen molar-refractivity contribution in [3.8, 4) is 11.5 Å². The maximum atomic E-state index is 3.74. The zero-order chi connectivity index (χ0) is 13.5. The van der Waals surface area contributed by atoms with Crippen LogP contribution in [-0.4, -0.2) is 34.0 Å². The van der Waals surface area contributed by atoms with Gasteiger partial charge in [0.05, 0.1) is 8.07 Å². The minimum Gasteiger partial charge on any atom is -0.314 e. The molecule has 0 unspecified atom stereocenters. The summed E-state index contributed by atoms with van der Waals surface area (Å²) in [6, 6.07) is 3.69. The Morgan fingerprint density at radius 3 is 1.65 bits per heavy atom. The Balaban J connectivity index is 4.95. The van der Waals surface area contributed by atoms with Crippen LogP contribution in [0.25, 0.3) is 0 Å². The summed E-state index contributed by atoms with van der Waals surface area (Å²) in [6.45, 7) is 18.7. The molecule has 0 spiro atoms. The molecule has 0 fully saturated rings. The second-order valence-corrected chi connectivity index (χ2v) is 15.8. The van der Waals surface area contributed by atoms with Gasteiger partial charge >= 0.3 is 0 Å². The first kappa shape index (κ1) is 17.0. The van der Waals surface area contributed by atoms with E-state index in [1.165, 1.54) is 12.1 Å². The number of hydrogen-bond donors (Lipinski definition) is 0. The molecule has 17 heavy (non-hydrogen) atoms. The Kier molecular flexibility index (Phi) is 7.38. The van der Waals surface area contributed by atoms with E-state index in [-0.39, 0.29) is 0 Å². The molecule has 0 bridgehead atoms. The van der Waals surface area contributed by atoms with Gasteiger partial charge in [-0.3, -0.25) is 0 Å². The Bertz CT molecular complexity index is 262. The van der Waals surface area contributed by atoms with Gasteiger partial charge in [-0.1, -0.05) is 47.3 Å². The average Bonchev–Trinajstić information content (AvgIpc) is 2.26. The SMILES string of the molecule is CCN(CC)[Si](C#CC[Si](C)(C)C)(CC)CC. The molecule has 0 atom stereocenters. The Morgan fingerprint density at radius 2 is 1.35 bits per heavy atom. The second-order valence-electron chi connectivity index (χ2n) is 5.95. The number of rotatable bonds is 6. The summed E-state index contributed by atoms with van der Waals surface area (Å²) in [5, 5.41) is 0. The van der Waals surface area contributed by atoms with Crippen molar-refractivity contribution in [1.29, 1.82) is 0 Å². The molecule has 0 aromatic carbocycles. The monoisotopic (exact) mass is 269 g/mol. The zero-order valence-electron chi connectivity index (χ0n) is 13.0. The van der Waals surface area contributed by atoms with E-state index in [9.17, 15) is 0 Å². The molecule has 0 saturated carbocycles. The van der Waals surface area contributed by atoms with E-state index in [0.717, 1.165) is 19.1 Å². The van der Waals surface area contributed by atoms with Gasteiger partial charge in [0.1, 0.15) is 0 Å². The van der Waals surface area contributed by atoms with Gasteiger partial charge in [0.2, 0.25) is 8.24 Å². The normalized spacial score (nSPS) is 12.5. The Morgan fingerprint density at radius 1 is 0.882 bits per heavy atom. The highest BCUT2D eigenvalue weighted by Crippen LogP contribution is 2.19. The van der Waals surface area contributed by atoms with E-state index in [2.05, 4.69) is 63.4 Å². The largest absolute Gasteiger partial charge is 0.314 e. The van der Waals surface area contributed by atoms with E-state index < -0.39 is 16.3 Å². The fraction of sp³-hybridized carbons (Fsp3) is 0.857.